The van der Waals surface area contributed by atoms with Crippen molar-refractivity contribution in [2.24, 2.45) is 0 Å². The molecular formula is C20H27NO4. The van der Waals surface area contributed by atoms with Gasteiger partial charge < -0.3 is 9.64 Å². The van der Waals surface area contributed by atoms with Crippen molar-refractivity contribution in [1.82, 2.24) is 4.90 Å². The van der Waals surface area contributed by atoms with Gasteiger partial charge in [-0.25, -0.2) is 4.79 Å². The normalized spacial score (nSPS) is 18.8. The summed E-state index contributed by atoms with van der Waals surface area (Å²) in [7, 11) is 0. The molecule has 25 heavy (non-hydrogen) atoms. The standard InChI is InChI=1S/C20H27NO4/c1-13-8-7-9-16(14(13)2)18(24)25-12-17(23)21-19(3,4)10-15(22)11-20(21,5)6/h7-9H,10-12H2,1-6H3. The summed E-state index contributed by atoms with van der Waals surface area (Å²) in [5.41, 5.74) is 1.13. The Balaban J connectivity index is 2.12. The van der Waals surface area contributed by atoms with Gasteiger partial charge in [-0.15, -0.1) is 0 Å². The smallest absolute Gasteiger partial charge is 0.338 e. The molecule has 0 N–H and O–H groups in total. The van der Waals surface area contributed by atoms with E-state index in [0.717, 1.165) is 11.1 Å². The van der Waals surface area contributed by atoms with E-state index >= 15 is 0 Å². The number of hydrogen-bond donors (Lipinski definition) is 0. The van der Waals surface area contributed by atoms with Crippen molar-refractivity contribution < 1.29 is 19.1 Å². The summed E-state index contributed by atoms with van der Waals surface area (Å²) in [6, 6.07) is 5.42. The van der Waals surface area contributed by atoms with Gasteiger partial charge in [-0.05, 0) is 58.7 Å². The first-order chi connectivity index (χ1) is 11.5. The average Bonchev–Trinajstić information content (AvgIpc) is 2.44. The molecule has 5 nitrogen and oxygen atoms in total. The maximum absolute atomic E-state index is 12.8. The Morgan fingerprint density at radius 2 is 1.64 bits per heavy atom. The molecule has 1 amide bonds. The van der Waals surface area contributed by atoms with E-state index in [2.05, 4.69) is 0 Å². The third kappa shape index (κ3) is 3.91. The summed E-state index contributed by atoms with van der Waals surface area (Å²) >= 11 is 0. The van der Waals surface area contributed by atoms with Gasteiger partial charge in [-0.1, -0.05) is 12.1 Å². The molecule has 0 spiro atoms. The Bertz CT molecular complexity index is 698. The highest BCUT2D eigenvalue weighted by Gasteiger charge is 2.47. The molecule has 1 aliphatic rings. The summed E-state index contributed by atoms with van der Waals surface area (Å²) in [6.45, 7) is 10.9. The van der Waals surface area contributed by atoms with Crippen LogP contribution in [0, 0.1) is 13.8 Å². The lowest BCUT2D eigenvalue weighted by molar-refractivity contribution is -0.156. The van der Waals surface area contributed by atoms with Crippen molar-refractivity contribution in [3.8, 4) is 0 Å². The maximum atomic E-state index is 12.8. The number of aryl methyl sites for hydroxylation is 1. The van der Waals surface area contributed by atoms with Crippen LogP contribution >= 0.6 is 0 Å². The fourth-order valence-corrected chi connectivity index (χ4v) is 3.92. The second-order valence-electron chi connectivity index (χ2n) is 8.07. The molecule has 1 saturated heterocycles. The van der Waals surface area contributed by atoms with Gasteiger partial charge in [0.2, 0.25) is 0 Å². The second kappa shape index (κ2) is 6.62. The van der Waals surface area contributed by atoms with Crippen LogP contribution in [0.2, 0.25) is 0 Å². The van der Waals surface area contributed by atoms with Crippen LogP contribution in [0.5, 0.6) is 0 Å². The zero-order valence-corrected chi connectivity index (χ0v) is 15.9. The number of Topliss-reactive ketones (excluding diaryl/α,β-unsaturated/α-hetero) is 1. The molecule has 0 aliphatic carbocycles. The molecule has 1 aromatic carbocycles. The van der Waals surface area contributed by atoms with Gasteiger partial charge in [-0.3, -0.25) is 9.59 Å². The Hall–Kier alpha value is -2.17. The highest BCUT2D eigenvalue weighted by Crippen LogP contribution is 2.36. The quantitative estimate of drug-likeness (QED) is 0.789. The fraction of sp³-hybridized carbons (Fsp3) is 0.550. The van der Waals surface area contributed by atoms with Gasteiger partial charge in [0.05, 0.1) is 5.56 Å². The van der Waals surface area contributed by atoms with E-state index in [1.165, 1.54) is 0 Å². The summed E-state index contributed by atoms with van der Waals surface area (Å²) in [4.78, 5) is 38.7. The molecule has 0 unspecified atom stereocenters. The zero-order chi connectivity index (χ0) is 19.0. The molecular weight excluding hydrogens is 318 g/mol. The Kier molecular flexibility index (Phi) is 5.07. The first kappa shape index (κ1) is 19.2. The lowest BCUT2D eigenvalue weighted by Crippen LogP contribution is -2.63. The van der Waals surface area contributed by atoms with E-state index < -0.39 is 17.0 Å². The molecule has 0 bridgehead atoms. The van der Waals surface area contributed by atoms with Crippen LogP contribution in [0.3, 0.4) is 0 Å². The van der Waals surface area contributed by atoms with Crippen LogP contribution in [-0.2, 0) is 14.3 Å². The summed E-state index contributed by atoms with van der Waals surface area (Å²) < 4.78 is 5.28. The summed E-state index contributed by atoms with van der Waals surface area (Å²) in [5.74, 6) is -0.633. The van der Waals surface area contributed by atoms with E-state index in [1.54, 1.807) is 17.0 Å². The van der Waals surface area contributed by atoms with Gasteiger partial charge in [0.1, 0.15) is 5.78 Å². The number of ether oxygens (including phenoxy) is 1. The summed E-state index contributed by atoms with van der Waals surface area (Å²) in [6.07, 6.45) is 0.625. The van der Waals surface area contributed by atoms with Crippen LogP contribution in [0.15, 0.2) is 18.2 Å². The number of ketones is 1. The monoisotopic (exact) mass is 345 g/mol. The van der Waals surface area contributed by atoms with E-state index in [9.17, 15) is 14.4 Å². The molecule has 5 heteroatoms. The molecule has 0 saturated carbocycles. The molecule has 0 aromatic heterocycles. The number of hydrogen-bond acceptors (Lipinski definition) is 4. The first-order valence-electron chi connectivity index (χ1n) is 8.54. The second-order valence-corrected chi connectivity index (χ2v) is 8.07. The van der Waals surface area contributed by atoms with Crippen molar-refractivity contribution in [2.75, 3.05) is 6.61 Å². The molecule has 2 rings (SSSR count). The van der Waals surface area contributed by atoms with Crippen LogP contribution in [0.1, 0.15) is 62.0 Å². The van der Waals surface area contributed by atoms with Crippen molar-refractivity contribution >= 4 is 17.7 Å². The molecule has 136 valence electrons. The van der Waals surface area contributed by atoms with Crippen molar-refractivity contribution in [2.45, 2.75) is 65.5 Å². The number of carbonyl (C=O) groups is 3. The molecule has 1 fully saturated rings. The molecule has 1 heterocycles. The third-order valence-electron chi connectivity index (χ3n) is 4.87. The number of amides is 1. The van der Waals surface area contributed by atoms with Gasteiger partial charge in [-0.2, -0.15) is 0 Å². The number of benzene rings is 1. The van der Waals surface area contributed by atoms with E-state index in [0.29, 0.717) is 18.4 Å². The molecule has 0 atom stereocenters. The SMILES string of the molecule is Cc1cccc(C(=O)OCC(=O)N2C(C)(C)CC(=O)CC2(C)C)c1C. The predicted octanol–water partition coefficient (Wildman–Crippen LogP) is 3.21. The topological polar surface area (TPSA) is 63.7 Å². The van der Waals surface area contributed by atoms with Crippen LogP contribution in [0.25, 0.3) is 0 Å². The largest absolute Gasteiger partial charge is 0.452 e. The van der Waals surface area contributed by atoms with Gasteiger partial charge >= 0.3 is 5.97 Å². The van der Waals surface area contributed by atoms with E-state index in [-0.39, 0.29) is 18.3 Å². The minimum atomic E-state index is -0.596. The number of nitrogens with zero attached hydrogens (tertiary/aromatic N) is 1. The predicted molar refractivity (Wildman–Crippen MR) is 95.4 cm³/mol. The average molecular weight is 345 g/mol. The third-order valence-corrected chi connectivity index (χ3v) is 4.87. The number of esters is 1. The van der Waals surface area contributed by atoms with Gasteiger partial charge in [0, 0.05) is 23.9 Å². The fourth-order valence-electron chi connectivity index (χ4n) is 3.92. The van der Waals surface area contributed by atoms with E-state index in [1.807, 2.05) is 47.6 Å². The molecule has 0 radical (unpaired) electrons. The lowest BCUT2D eigenvalue weighted by Gasteiger charge is -2.51. The van der Waals surface area contributed by atoms with Crippen molar-refractivity contribution in [1.29, 1.82) is 0 Å². The van der Waals surface area contributed by atoms with Crippen LogP contribution < -0.4 is 0 Å². The number of carbonyl (C=O) groups excluding carboxylic acids is 3. The Morgan fingerprint density at radius 3 is 2.20 bits per heavy atom. The van der Waals surface area contributed by atoms with Crippen molar-refractivity contribution in [3.63, 3.8) is 0 Å². The highest BCUT2D eigenvalue weighted by molar-refractivity contribution is 5.93. The molecule has 1 aromatic rings. The van der Waals surface area contributed by atoms with Gasteiger partial charge in [0.15, 0.2) is 6.61 Å². The van der Waals surface area contributed by atoms with Crippen molar-refractivity contribution in [3.05, 3.63) is 34.9 Å². The van der Waals surface area contributed by atoms with E-state index in [4.69, 9.17) is 4.74 Å². The minimum absolute atomic E-state index is 0.145. The number of likely N-dealkylation sites (tertiary alicyclic amines) is 1. The Morgan fingerprint density at radius 1 is 1.08 bits per heavy atom. The van der Waals surface area contributed by atoms with Crippen LogP contribution in [0.4, 0.5) is 0 Å². The highest BCUT2D eigenvalue weighted by atomic mass is 16.5. The zero-order valence-electron chi connectivity index (χ0n) is 15.9. The van der Waals surface area contributed by atoms with Gasteiger partial charge in [0.25, 0.3) is 5.91 Å². The Labute approximate surface area is 149 Å². The maximum Gasteiger partial charge on any atom is 0.338 e. The minimum Gasteiger partial charge on any atom is -0.452 e. The van der Waals surface area contributed by atoms with Crippen LogP contribution in [-0.4, -0.2) is 40.2 Å². The number of piperidine rings is 1. The first-order valence-corrected chi connectivity index (χ1v) is 8.54. The lowest BCUT2D eigenvalue weighted by atomic mass is 9.79. The summed E-state index contributed by atoms with van der Waals surface area (Å²) in [5, 5.41) is 0. The number of rotatable bonds is 3. The molecule has 1 aliphatic heterocycles.